The van der Waals surface area contributed by atoms with E-state index < -0.39 is 0 Å². The Morgan fingerprint density at radius 2 is 1.76 bits per heavy atom. The highest BCUT2D eigenvalue weighted by Crippen LogP contribution is 2.24. The fourth-order valence-electron chi connectivity index (χ4n) is 4.06. The lowest BCUT2D eigenvalue weighted by molar-refractivity contribution is 0.0942. The summed E-state index contributed by atoms with van der Waals surface area (Å²) in [6, 6.07) is 7.92. The van der Waals surface area contributed by atoms with Crippen LogP contribution in [0, 0.1) is 0 Å². The highest BCUT2D eigenvalue weighted by molar-refractivity contribution is 6.05. The standard InChI is InChI=1S/C22H27N5O2/c1-2-12-23-22(29)20-25-19(18-7-3-4-15-27(18)20)21(28)24-16-8-10-17(11-9-16)26-13-5-6-14-26/h2,8-11H,1,3-7,12-15H2,(H,23,29)(H,24,28). The summed E-state index contributed by atoms with van der Waals surface area (Å²) in [6.45, 7) is 6.86. The Morgan fingerprint density at radius 3 is 2.48 bits per heavy atom. The van der Waals surface area contributed by atoms with Crippen LogP contribution in [-0.4, -0.2) is 41.0 Å². The van der Waals surface area contributed by atoms with Gasteiger partial charge in [-0.15, -0.1) is 6.58 Å². The zero-order chi connectivity index (χ0) is 20.2. The lowest BCUT2D eigenvalue weighted by Crippen LogP contribution is -2.28. The fraction of sp³-hybridized carbons (Fsp3) is 0.409. The number of anilines is 2. The van der Waals surface area contributed by atoms with E-state index in [-0.39, 0.29) is 11.8 Å². The van der Waals surface area contributed by atoms with Crippen molar-refractivity contribution in [2.75, 3.05) is 29.9 Å². The SMILES string of the molecule is C=CCNC(=O)c1nc(C(=O)Nc2ccc(N3CCCC3)cc2)c2n1CCCC2. The molecule has 2 aromatic rings. The van der Waals surface area contributed by atoms with Gasteiger partial charge < -0.3 is 20.1 Å². The third-order valence-corrected chi connectivity index (χ3v) is 5.54. The first-order chi connectivity index (χ1) is 14.2. The second-order valence-electron chi connectivity index (χ2n) is 7.53. The Bertz CT molecular complexity index is 910. The summed E-state index contributed by atoms with van der Waals surface area (Å²) in [5.41, 5.74) is 3.09. The molecule has 4 rings (SSSR count). The molecule has 0 atom stereocenters. The molecule has 0 radical (unpaired) electrons. The first-order valence-corrected chi connectivity index (χ1v) is 10.3. The van der Waals surface area contributed by atoms with Crippen molar-refractivity contribution in [2.45, 2.75) is 38.6 Å². The molecule has 0 spiro atoms. The number of nitrogens with zero attached hydrogens (tertiary/aromatic N) is 3. The lowest BCUT2D eigenvalue weighted by Gasteiger charge is -2.18. The maximum Gasteiger partial charge on any atom is 0.287 e. The van der Waals surface area contributed by atoms with Gasteiger partial charge in [0.25, 0.3) is 11.8 Å². The van der Waals surface area contributed by atoms with E-state index in [4.69, 9.17) is 0 Å². The molecule has 7 nitrogen and oxygen atoms in total. The highest BCUT2D eigenvalue weighted by Gasteiger charge is 2.27. The predicted octanol–water partition coefficient (Wildman–Crippen LogP) is 2.99. The molecule has 0 unspecified atom stereocenters. The minimum atomic E-state index is -0.276. The highest BCUT2D eigenvalue weighted by atomic mass is 16.2. The van der Waals surface area contributed by atoms with Crippen molar-refractivity contribution in [1.29, 1.82) is 0 Å². The van der Waals surface area contributed by atoms with Gasteiger partial charge in [-0.1, -0.05) is 6.08 Å². The predicted molar refractivity (Wildman–Crippen MR) is 114 cm³/mol. The zero-order valence-corrected chi connectivity index (χ0v) is 16.6. The molecule has 3 heterocycles. The van der Waals surface area contributed by atoms with Crippen molar-refractivity contribution in [3.05, 3.63) is 54.1 Å². The van der Waals surface area contributed by atoms with Crippen molar-refractivity contribution in [3.63, 3.8) is 0 Å². The van der Waals surface area contributed by atoms with Gasteiger partial charge in [-0.05, 0) is 56.4 Å². The van der Waals surface area contributed by atoms with Crippen LogP contribution in [0.3, 0.4) is 0 Å². The Kier molecular flexibility index (Phi) is 5.64. The molecule has 0 saturated carbocycles. The number of rotatable bonds is 6. The Morgan fingerprint density at radius 1 is 1.03 bits per heavy atom. The number of hydrogen-bond donors (Lipinski definition) is 2. The normalized spacial score (nSPS) is 15.7. The number of nitrogens with one attached hydrogen (secondary N) is 2. The minimum absolute atomic E-state index is 0.271. The zero-order valence-electron chi connectivity index (χ0n) is 16.6. The number of fused-ring (bicyclic) bond motifs is 1. The van der Waals surface area contributed by atoms with Crippen molar-refractivity contribution in [1.82, 2.24) is 14.9 Å². The quantitative estimate of drug-likeness (QED) is 0.740. The van der Waals surface area contributed by atoms with E-state index in [1.54, 1.807) is 6.08 Å². The molecule has 2 amide bonds. The third kappa shape index (κ3) is 4.04. The fourth-order valence-corrected chi connectivity index (χ4v) is 4.06. The minimum Gasteiger partial charge on any atom is -0.372 e. The second kappa shape index (κ2) is 8.51. The van der Waals surface area contributed by atoms with Gasteiger partial charge in [0.05, 0.1) is 5.69 Å². The van der Waals surface area contributed by atoms with Crippen LogP contribution in [0.4, 0.5) is 11.4 Å². The van der Waals surface area contributed by atoms with Gasteiger partial charge in [-0.3, -0.25) is 9.59 Å². The number of hydrogen-bond acceptors (Lipinski definition) is 4. The molecule has 1 saturated heterocycles. The van der Waals surface area contributed by atoms with Crippen LogP contribution in [-0.2, 0) is 13.0 Å². The number of amides is 2. The van der Waals surface area contributed by atoms with Crippen LogP contribution in [0.25, 0.3) is 0 Å². The summed E-state index contributed by atoms with van der Waals surface area (Å²) in [5.74, 6) is -0.245. The lowest BCUT2D eigenvalue weighted by atomic mass is 10.1. The van der Waals surface area contributed by atoms with Gasteiger partial charge in [0, 0.05) is 37.6 Å². The van der Waals surface area contributed by atoms with E-state index in [0.717, 1.165) is 43.7 Å². The Hall–Kier alpha value is -3.09. The summed E-state index contributed by atoms with van der Waals surface area (Å²) in [6.07, 6.45) is 6.80. The number of benzene rings is 1. The summed E-state index contributed by atoms with van der Waals surface area (Å²) in [7, 11) is 0. The summed E-state index contributed by atoms with van der Waals surface area (Å²) in [4.78, 5) is 32.2. The van der Waals surface area contributed by atoms with E-state index in [1.165, 1.54) is 18.5 Å². The summed E-state index contributed by atoms with van der Waals surface area (Å²) in [5, 5.41) is 5.70. The van der Waals surface area contributed by atoms with Crippen LogP contribution < -0.4 is 15.5 Å². The van der Waals surface area contributed by atoms with Gasteiger partial charge in [-0.2, -0.15) is 0 Å². The molecule has 29 heavy (non-hydrogen) atoms. The molecule has 152 valence electrons. The van der Waals surface area contributed by atoms with Crippen molar-refractivity contribution >= 4 is 23.2 Å². The molecule has 2 N–H and O–H groups in total. The molecule has 0 aliphatic carbocycles. The van der Waals surface area contributed by atoms with Crippen molar-refractivity contribution in [3.8, 4) is 0 Å². The van der Waals surface area contributed by atoms with Crippen LogP contribution in [0.5, 0.6) is 0 Å². The molecular weight excluding hydrogens is 366 g/mol. The van der Waals surface area contributed by atoms with E-state index in [2.05, 4.69) is 27.1 Å². The first kappa shape index (κ1) is 19.2. The molecule has 2 aliphatic heterocycles. The molecule has 7 heteroatoms. The van der Waals surface area contributed by atoms with Crippen molar-refractivity contribution in [2.24, 2.45) is 0 Å². The van der Waals surface area contributed by atoms with Crippen LogP contribution >= 0.6 is 0 Å². The largest absolute Gasteiger partial charge is 0.372 e. The first-order valence-electron chi connectivity index (χ1n) is 10.3. The van der Waals surface area contributed by atoms with Crippen LogP contribution in [0.15, 0.2) is 36.9 Å². The number of carbonyl (C=O) groups is 2. The maximum atomic E-state index is 12.9. The van der Waals surface area contributed by atoms with Gasteiger partial charge in [0.15, 0.2) is 11.5 Å². The molecule has 1 aromatic heterocycles. The van der Waals surface area contributed by atoms with Gasteiger partial charge in [-0.25, -0.2) is 4.98 Å². The van der Waals surface area contributed by atoms with E-state index >= 15 is 0 Å². The van der Waals surface area contributed by atoms with Gasteiger partial charge >= 0.3 is 0 Å². The number of carbonyl (C=O) groups excluding carboxylic acids is 2. The molecule has 1 aromatic carbocycles. The molecule has 1 fully saturated rings. The summed E-state index contributed by atoms with van der Waals surface area (Å²) >= 11 is 0. The van der Waals surface area contributed by atoms with E-state index in [0.29, 0.717) is 24.6 Å². The Labute approximate surface area is 170 Å². The van der Waals surface area contributed by atoms with Crippen LogP contribution in [0.1, 0.15) is 52.5 Å². The molecule has 0 bridgehead atoms. The average molecular weight is 393 g/mol. The maximum absolute atomic E-state index is 12.9. The number of imidazole rings is 1. The molecule has 2 aliphatic rings. The smallest absolute Gasteiger partial charge is 0.287 e. The topological polar surface area (TPSA) is 79.3 Å². The van der Waals surface area contributed by atoms with E-state index in [9.17, 15) is 9.59 Å². The number of aromatic nitrogens is 2. The average Bonchev–Trinajstić information content (AvgIpc) is 3.41. The van der Waals surface area contributed by atoms with Crippen LogP contribution in [0.2, 0.25) is 0 Å². The van der Waals surface area contributed by atoms with E-state index in [1.807, 2.05) is 28.8 Å². The summed E-state index contributed by atoms with van der Waals surface area (Å²) < 4.78 is 1.88. The molecular formula is C22H27N5O2. The van der Waals surface area contributed by atoms with Gasteiger partial charge in [0.1, 0.15) is 0 Å². The van der Waals surface area contributed by atoms with Gasteiger partial charge in [0.2, 0.25) is 0 Å². The monoisotopic (exact) mass is 393 g/mol. The second-order valence-corrected chi connectivity index (χ2v) is 7.53. The third-order valence-electron chi connectivity index (χ3n) is 5.54. The van der Waals surface area contributed by atoms with Crippen molar-refractivity contribution < 1.29 is 9.59 Å². The Balaban J connectivity index is 1.52.